The van der Waals surface area contributed by atoms with Gasteiger partial charge in [0, 0.05) is 37.6 Å². The van der Waals surface area contributed by atoms with Crippen molar-refractivity contribution >= 4 is 5.91 Å². The lowest BCUT2D eigenvalue weighted by molar-refractivity contribution is -0.120. The van der Waals surface area contributed by atoms with E-state index in [9.17, 15) is 4.79 Å². The second-order valence-corrected chi connectivity index (χ2v) is 8.79. The molecule has 2 fully saturated rings. The monoisotopic (exact) mass is 422 g/mol. The van der Waals surface area contributed by atoms with Crippen molar-refractivity contribution in [3.63, 3.8) is 0 Å². The lowest BCUT2D eigenvalue weighted by Crippen LogP contribution is -2.36. The summed E-state index contributed by atoms with van der Waals surface area (Å²) in [7, 11) is 0. The molecule has 0 spiro atoms. The fraction of sp³-hybridized carbons (Fsp3) is 0.560. The largest absolute Gasteiger partial charge is 0.379 e. The van der Waals surface area contributed by atoms with Gasteiger partial charge in [-0.3, -0.25) is 9.69 Å². The zero-order valence-corrected chi connectivity index (χ0v) is 18.4. The second-order valence-electron chi connectivity index (χ2n) is 8.79. The molecular formula is C25H34N4O2. The average molecular weight is 423 g/mol. The maximum Gasteiger partial charge on any atom is 0.224 e. The number of nitrogens with zero attached hydrogens (tertiary/aromatic N) is 3. The molecule has 0 unspecified atom stereocenters. The Morgan fingerprint density at radius 1 is 1.03 bits per heavy atom. The second kappa shape index (κ2) is 11.3. The number of rotatable bonds is 9. The van der Waals surface area contributed by atoms with Crippen LogP contribution in [0.5, 0.6) is 0 Å². The van der Waals surface area contributed by atoms with Gasteiger partial charge in [0.1, 0.15) is 5.82 Å². The smallest absolute Gasteiger partial charge is 0.224 e. The van der Waals surface area contributed by atoms with Gasteiger partial charge in [0.05, 0.1) is 26.2 Å². The Labute approximate surface area is 185 Å². The van der Waals surface area contributed by atoms with E-state index in [1.54, 1.807) is 0 Å². The summed E-state index contributed by atoms with van der Waals surface area (Å²) < 4.78 is 5.38. The van der Waals surface area contributed by atoms with E-state index in [0.717, 1.165) is 74.2 Å². The number of aromatic nitrogens is 2. The number of amides is 1. The summed E-state index contributed by atoms with van der Waals surface area (Å²) in [6.45, 7) is 4.98. The predicted molar refractivity (Wildman–Crippen MR) is 121 cm³/mol. The van der Waals surface area contributed by atoms with Crippen molar-refractivity contribution < 1.29 is 9.53 Å². The normalized spacial score (nSPS) is 17.7. The minimum absolute atomic E-state index is 0.106. The maximum atomic E-state index is 12.2. The van der Waals surface area contributed by atoms with Crippen molar-refractivity contribution in [2.45, 2.75) is 51.5 Å². The summed E-state index contributed by atoms with van der Waals surface area (Å²) in [6.07, 6.45) is 12.1. The third-order valence-corrected chi connectivity index (χ3v) is 6.41. The molecule has 1 amide bonds. The Hall–Kier alpha value is -2.31. The Morgan fingerprint density at radius 2 is 1.74 bits per heavy atom. The molecule has 4 rings (SSSR count). The Kier molecular flexibility index (Phi) is 8.02. The van der Waals surface area contributed by atoms with Gasteiger partial charge in [0.15, 0.2) is 0 Å². The molecule has 1 saturated carbocycles. The molecule has 6 nitrogen and oxygen atoms in total. The molecule has 1 aliphatic heterocycles. The van der Waals surface area contributed by atoms with Crippen LogP contribution in [-0.4, -0.2) is 53.6 Å². The van der Waals surface area contributed by atoms with E-state index < -0.39 is 0 Å². The minimum Gasteiger partial charge on any atom is -0.379 e. The highest BCUT2D eigenvalue weighted by atomic mass is 16.5. The molecule has 1 aromatic carbocycles. The highest BCUT2D eigenvalue weighted by Crippen LogP contribution is 2.28. The highest BCUT2D eigenvalue weighted by Gasteiger charge is 2.14. The van der Waals surface area contributed by atoms with E-state index in [1.807, 2.05) is 36.7 Å². The summed E-state index contributed by atoms with van der Waals surface area (Å²) in [5.74, 6) is 1.84. The van der Waals surface area contributed by atoms with Crippen LogP contribution < -0.4 is 5.32 Å². The van der Waals surface area contributed by atoms with Crippen molar-refractivity contribution in [2.24, 2.45) is 5.92 Å². The summed E-state index contributed by atoms with van der Waals surface area (Å²) in [5.41, 5.74) is 3.09. The molecule has 2 heterocycles. The lowest BCUT2D eigenvalue weighted by atomic mass is 10.0. The van der Waals surface area contributed by atoms with E-state index >= 15 is 0 Å². The topological polar surface area (TPSA) is 67.4 Å². The van der Waals surface area contributed by atoms with Crippen LogP contribution in [-0.2, 0) is 22.5 Å². The van der Waals surface area contributed by atoms with Crippen molar-refractivity contribution in [3.05, 3.63) is 48.0 Å². The zero-order chi connectivity index (χ0) is 21.3. The van der Waals surface area contributed by atoms with Crippen LogP contribution in [0.25, 0.3) is 11.1 Å². The molecule has 1 saturated heterocycles. The van der Waals surface area contributed by atoms with Crippen LogP contribution >= 0.6 is 0 Å². The highest BCUT2D eigenvalue weighted by molar-refractivity contribution is 5.78. The summed E-state index contributed by atoms with van der Waals surface area (Å²) in [6, 6.07) is 8.14. The molecule has 1 aromatic heterocycles. The van der Waals surface area contributed by atoms with Gasteiger partial charge >= 0.3 is 0 Å². The van der Waals surface area contributed by atoms with Crippen LogP contribution in [0, 0.1) is 5.92 Å². The average Bonchev–Trinajstić information content (AvgIpc) is 3.32. The third kappa shape index (κ3) is 6.84. The van der Waals surface area contributed by atoms with E-state index in [2.05, 4.69) is 20.2 Å². The summed E-state index contributed by atoms with van der Waals surface area (Å²) >= 11 is 0. The number of ether oxygens (including phenoxy) is 1. The Morgan fingerprint density at radius 3 is 2.45 bits per heavy atom. The number of carbonyl (C=O) groups excluding carboxylic acids is 1. The third-order valence-electron chi connectivity index (χ3n) is 6.41. The van der Waals surface area contributed by atoms with Crippen molar-refractivity contribution in [2.75, 3.05) is 32.8 Å². The standard InChI is InChI=1S/C25H34N4O2/c30-25(26-11-3-6-20-4-1-2-5-20)16-21-7-9-22(10-8-21)23-17-27-24(28-18-23)19-29-12-14-31-15-13-29/h7-10,17-18,20H,1-6,11-16,19H2,(H,26,30). The number of hydrogen-bond donors (Lipinski definition) is 1. The maximum absolute atomic E-state index is 12.2. The molecule has 0 bridgehead atoms. The van der Waals surface area contributed by atoms with Gasteiger partial charge in [-0.2, -0.15) is 0 Å². The molecule has 31 heavy (non-hydrogen) atoms. The van der Waals surface area contributed by atoms with Gasteiger partial charge in [0.2, 0.25) is 5.91 Å². The van der Waals surface area contributed by atoms with Crippen molar-refractivity contribution in [1.29, 1.82) is 0 Å². The minimum atomic E-state index is 0.106. The van der Waals surface area contributed by atoms with Crippen LogP contribution in [0.4, 0.5) is 0 Å². The van der Waals surface area contributed by atoms with Crippen LogP contribution in [0.3, 0.4) is 0 Å². The number of morpholine rings is 1. The van der Waals surface area contributed by atoms with Gasteiger partial charge in [-0.05, 0) is 29.9 Å². The van der Waals surface area contributed by atoms with E-state index in [4.69, 9.17) is 4.74 Å². The lowest BCUT2D eigenvalue weighted by Gasteiger charge is -2.25. The zero-order valence-electron chi connectivity index (χ0n) is 18.4. The van der Waals surface area contributed by atoms with E-state index in [-0.39, 0.29) is 5.91 Å². The molecule has 2 aromatic rings. The molecule has 0 atom stereocenters. The fourth-order valence-corrected chi connectivity index (χ4v) is 4.53. The Balaban J connectivity index is 1.21. The predicted octanol–water partition coefficient (Wildman–Crippen LogP) is 3.60. The van der Waals surface area contributed by atoms with Crippen LogP contribution in [0.15, 0.2) is 36.7 Å². The van der Waals surface area contributed by atoms with Crippen molar-refractivity contribution in [1.82, 2.24) is 20.2 Å². The summed E-state index contributed by atoms with van der Waals surface area (Å²) in [5, 5.41) is 3.07. The molecule has 1 N–H and O–H groups in total. The van der Waals surface area contributed by atoms with Crippen molar-refractivity contribution in [3.8, 4) is 11.1 Å². The number of carbonyl (C=O) groups is 1. The number of benzene rings is 1. The van der Waals surface area contributed by atoms with Gasteiger partial charge < -0.3 is 10.1 Å². The van der Waals surface area contributed by atoms with Gasteiger partial charge in [0.25, 0.3) is 0 Å². The fourth-order valence-electron chi connectivity index (χ4n) is 4.53. The molecule has 1 aliphatic carbocycles. The van der Waals surface area contributed by atoms with Crippen LogP contribution in [0.2, 0.25) is 0 Å². The number of hydrogen-bond acceptors (Lipinski definition) is 5. The molecule has 0 radical (unpaired) electrons. The summed E-state index contributed by atoms with van der Waals surface area (Å²) in [4.78, 5) is 23.6. The van der Waals surface area contributed by atoms with E-state index in [1.165, 1.54) is 32.1 Å². The quantitative estimate of drug-likeness (QED) is 0.626. The van der Waals surface area contributed by atoms with Gasteiger partial charge in [-0.25, -0.2) is 9.97 Å². The SMILES string of the molecule is O=C(Cc1ccc(-c2cnc(CN3CCOCC3)nc2)cc1)NCCCC1CCCC1. The molecular weight excluding hydrogens is 388 g/mol. The molecule has 6 heteroatoms. The first-order chi connectivity index (χ1) is 15.3. The first kappa shape index (κ1) is 21.9. The molecule has 166 valence electrons. The first-order valence-electron chi connectivity index (χ1n) is 11.7. The van der Waals surface area contributed by atoms with Crippen LogP contribution in [0.1, 0.15) is 49.9 Å². The Bertz CT molecular complexity index is 810. The molecule has 2 aliphatic rings. The number of nitrogens with one attached hydrogen (secondary N) is 1. The van der Waals surface area contributed by atoms with Gasteiger partial charge in [-0.15, -0.1) is 0 Å². The first-order valence-corrected chi connectivity index (χ1v) is 11.7. The van der Waals surface area contributed by atoms with Gasteiger partial charge in [-0.1, -0.05) is 49.9 Å². The van der Waals surface area contributed by atoms with E-state index in [0.29, 0.717) is 6.42 Å².